The summed E-state index contributed by atoms with van der Waals surface area (Å²) in [5.41, 5.74) is -0.535. The molecule has 0 atom stereocenters. The molecule has 0 amide bonds. The summed E-state index contributed by atoms with van der Waals surface area (Å²) in [6.45, 7) is 0. The SMILES string of the molecule is O=C([O-])c1ccccc1O.O=C([O-])c1ccccc1O.O=C([O-])c1ccccc1O.[Zn+3]. The van der Waals surface area contributed by atoms with Gasteiger partial charge in [-0.15, -0.1) is 0 Å². The Balaban J connectivity index is 0.000000429. The van der Waals surface area contributed by atoms with Gasteiger partial charge in [0.1, 0.15) is 17.2 Å². The first kappa shape index (κ1) is 27.1. The van der Waals surface area contributed by atoms with E-state index in [1.165, 1.54) is 54.6 Å². The van der Waals surface area contributed by atoms with Crippen molar-refractivity contribution in [2.45, 2.75) is 0 Å². The van der Waals surface area contributed by atoms with Crippen LogP contribution in [0.4, 0.5) is 0 Å². The molecule has 0 fully saturated rings. The van der Waals surface area contributed by atoms with Gasteiger partial charge in [-0.3, -0.25) is 0 Å². The van der Waals surface area contributed by atoms with Crippen molar-refractivity contribution in [3.05, 3.63) is 89.5 Å². The molecule has 0 radical (unpaired) electrons. The quantitative estimate of drug-likeness (QED) is 0.410. The predicted molar refractivity (Wildman–Crippen MR) is 97.3 cm³/mol. The predicted octanol–water partition coefficient (Wildman–Crippen LogP) is -0.735. The van der Waals surface area contributed by atoms with Crippen LogP contribution in [0.15, 0.2) is 72.8 Å². The van der Waals surface area contributed by atoms with Gasteiger partial charge in [-0.25, -0.2) is 0 Å². The maximum absolute atomic E-state index is 10.2. The van der Waals surface area contributed by atoms with Crippen molar-refractivity contribution < 1.29 is 64.5 Å². The maximum atomic E-state index is 10.2. The van der Waals surface area contributed by atoms with Crippen molar-refractivity contribution in [3.8, 4) is 17.2 Å². The normalized spacial score (nSPS) is 8.90. The minimum atomic E-state index is -1.36. The molecule has 3 aromatic carbocycles. The van der Waals surface area contributed by atoms with Crippen LogP contribution in [0.1, 0.15) is 31.1 Å². The van der Waals surface area contributed by atoms with E-state index < -0.39 is 17.9 Å². The minimum absolute atomic E-state index is 0. The Morgan fingerprint density at radius 2 is 0.677 bits per heavy atom. The second-order valence-electron chi connectivity index (χ2n) is 5.41. The standard InChI is InChI=1S/3C7H6O3.Zn/c3*8-6-4-2-1-3-5(6)7(9)10;/h3*1-4,8H,(H,9,10);/q;;;+3/p-3. The van der Waals surface area contributed by atoms with Gasteiger partial charge in [-0.05, 0) is 36.4 Å². The fourth-order valence-electron chi connectivity index (χ4n) is 1.94. The summed E-state index contributed by atoms with van der Waals surface area (Å²) in [7, 11) is 0. The van der Waals surface area contributed by atoms with E-state index in [1.807, 2.05) is 0 Å². The van der Waals surface area contributed by atoms with Gasteiger partial charge in [0.15, 0.2) is 0 Å². The molecule has 0 heterocycles. The Labute approximate surface area is 189 Å². The number of aromatic hydroxyl groups is 3. The first-order valence-corrected chi connectivity index (χ1v) is 8.13. The van der Waals surface area contributed by atoms with Crippen LogP contribution in [0.3, 0.4) is 0 Å². The number of carboxylic acids is 3. The molecule has 3 rings (SSSR count). The van der Waals surface area contributed by atoms with E-state index in [1.54, 1.807) is 18.2 Å². The van der Waals surface area contributed by atoms with Crippen LogP contribution in [0.2, 0.25) is 0 Å². The van der Waals surface area contributed by atoms with Gasteiger partial charge in [0.25, 0.3) is 0 Å². The van der Waals surface area contributed by atoms with Crippen molar-refractivity contribution in [2.24, 2.45) is 0 Å². The molecule has 9 nitrogen and oxygen atoms in total. The van der Waals surface area contributed by atoms with Crippen LogP contribution in [-0.2, 0) is 19.5 Å². The fourth-order valence-corrected chi connectivity index (χ4v) is 1.94. The molecule has 0 aliphatic carbocycles. The number of benzene rings is 3. The molecule has 3 aromatic rings. The van der Waals surface area contributed by atoms with Crippen molar-refractivity contribution in [3.63, 3.8) is 0 Å². The van der Waals surface area contributed by atoms with Gasteiger partial charge < -0.3 is 45.0 Å². The van der Waals surface area contributed by atoms with Gasteiger partial charge in [0.05, 0.1) is 17.9 Å². The average molecular weight is 477 g/mol. The van der Waals surface area contributed by atoms with Gasteiger partial charge in [0.2, 0.25) is 0 Å². The third-order valence-electron chi connectivity index (χ3n) is 3.37. The number of aromatic carboxylic acids is 3. The van der Waals surface area contributed by atoms with Crippen LogP contribution in [0.25, 0.3) is 0 Å². The van der Waals surface area contributed by atoms with Crippen LogP contribution in [-0.4, -0.2) is 33.2 Å². The molecule has 0 aromatic heterocycles. The number of hydrogen-bond donors (Lipinski definition) is 3. The molecule has 3 N–H and O–H groups in total. The molecule has 0 unspecified atom stereocenters. The van der Waals surface area contributed by atoms with Gasteiger partial charge in [-0.1, -0.05) is 36.4 Å². The molecule has 0 bridgehead atoms. The summed E-state index contributed by atoms with van der Waals surface area (Å²) in [5.74, 6) is -4.87. The molecule has 155 valence electrons. The Bertz CT molecular complexity index is 903. The van der Waals surface area contributed by atoms with E-state index in [0.29, 0.717) is 0 Å². The molecule has 0 spiro atoms. The van der Waals surface area contributed by atoms with E-state index in [2.05, 4.69) is 0 Å². The zero-order valence-corrected chi connectivity index (χ0v) is 18.9. The van der Waals surface area contributed by atoms with Crippen LogP contribution >= 0.6 is 0 Å². The fraction of sp³-hybridized carbons (Fsp3) is 0. The number of carboxylic acid groups (broad SMARTS) is 3. The Hall–Kier alpha value is -3.91. The van der Waals surface area contributed by atoms with Gasteiger partial charge >= 0.3 is 19.5 Å². The largest absolute Gasteiger partial charge is 3.00 e. The summed E-state index contributed by atoms with van der Waals surface area (Å²) in [4.78, 5) is 30.5. The number of para-hydroxylation sites is 3. The maximum Gasteiger partial charge on any atom is 3.00 e. The first-order chi connectivity index (χ1) is 14.1. The number of carbonyl (C=O) groups excluding carboxylic acids is 3. The summed E-state index contributed by atoms with van der Waals surface area (Å²) >= 11 is 0. The molecule has 31 heavy (non-hydrogen) atoms. The van der Waals surface area contributed by atoms with Crippen LogP contribution < -0.4 is 15.3 Å². The summed E-state index contributed by atoms with van der Waals surface area (Å²) < 4.78 is 0. The second-order valence-corrected chi connectivity index (χ2v) is 5.41. The van der Waals surface area contributed by atoms with Crippen LogP contribution in [0, 0.1) is 0 Å². The molecule has 0 saturated heterocycles. The molecule has 0 saturated carbocycles. The van der Waals surface area contributed by atoms with Crippen molar-refractivity contribution in [1.82, 2.24) is 0 Å². The Morgan fingerprint density at radius 3 is 0.806 bits per heavy atom. The third kappa shape index (κ3) is 8.97. The van der Waals surface area contributed by atoms with Crippen molar-refractivity contribution >= 4 is 17.9 Å². The number of phenols is 3. The van der Waals surface area contributed by atoms with E-state index >= 15 is 0 Å². The molecule has 0 aliphatic heterocycles. The Morgan fingerprint density at radius 1 is 0.484 bits per heavy atom. The van der Waals surface area contributed by atoms with Gasteiger partial charge in [0, 0.05) is 16.7 Å². The average Bonchev–Trinajstić information content (AvgIpc) is 2.69. The van der Waals surface area contributed by atoms with Crippen molar-refractivity contribution in [1.29, 1.82) is 0 Å². The zero-order chi connectivity index (χ0) is 22.7. The third-order valence-corrected chi connectivity index (χ3v) is 3.37. The molecular formula is C21H15O9Zn. The van der Waals surface area contributed by atoms with Crippen LogP contribution in [0.5, 0.6) is 17.2 Å². The first-order valence-electron chi connectivity index (χ1n) is 8.13. The van der Waals surface area contributed by atoms with Crippen molar-refractivity contribution in [2.75, 3.05) is 0 Å². The minimum Gasteiger partial charge on any atom is -0.545 e. The zero-order valence-electron chi connectivity index (χ0n) is 15.9. The Kier molecular flexibility index (Phi) is 11.7. The topological polar surface area (TPSA) is 181 Å². The van der Waals surface area contributed by atoms with E-state index in [9.17, 15) is 29.7 Å². The van der Waals surface area contributed by atoms with E-state index in [0.717, 1.165) is 0 Å². The number of hydrogen-bond acceptors (Lipinski definition) is 9. The molecule has 0 aliphatic rings. The number of carbonyl (C=O) groups is 3. The second kappa shape index (κ2) is 13.3. The monoisotopic (exact) mass is 475 g/mol. The molecular weight excluding hydrogens is 462 g/mol. The van der Waals surface area contributed by atoms with Gasteiger partial charge in [-0.2, -0.15) is 0 Å². The number of rotatable bonds is 3. The molecule has 10 heteroatoms. The summed E-state index contributed by atoms with van der Waals surface area (Å²) in [5, 5.41) is 57.0. The summed E-state index contributed by atoms with van der Waals surface area (Å²) in [6.07, 6.45) is 0. The van der Waals surface area contributed by atoms with E-state index in [-0.39, 0.29) is 53.4 Å². The summed E-state index contributed by atoms with van der Waals surface area (Å²) in [6, 6.07) is 16.9. The smallest absolute Gasteiger partial charge is 0.545 e. The van der Waals surface area contributed by atoms with E-state index in [4.69, 9.17) is 15.3 Å².